The van der Waals surface area contributed by atoms with E-state index in [0.717, 1.165) is 30.9 Å². The van der Waals surface area contributed by atoms with Crippen molar-refractivity contribution >= 4 is 11.8 Å². The van der Waals surface area contributed by atoms with Crippen LogP contribution < -0.4 is 5.32 Å². The molecule has 1 aliphatic rings. The van der Waals surface area contributed by atoms with Crippen molar-refractivity contribution in [3.8, 4) is 0 Å². The first kappa shape index (κ1) is 10.4. The number of aliphatic hydroxyl groups excluding tert-OH is 1. The number of hydrogen-bond acceptors (Lipinski definition) is 3. The number of aliphatic hydroxyl groups is 1. The van der Waals surface area contributed by atoms with Gasteiger partial charge in [0.2, 0.25) is 0 Å². The lowest BCUT2D eigenvalue weighted by molar-refractivity contribution is 0.133. The molecule has 1 rings (SSSR count). The summed E-state index contributed by atoms with van der Waals surface area (Å²) in [5, 5.41) is 13.0. The van der Waals surface area contributed by atoms with E-state index in [9.17, 15) is 5.11 Å². The minimum Gasteiger partial charge on any atom is -0.391 e. The number of hydrogen-bond donors (Lipinski definition) is 2. The van der Waals surface area contributed by atoms with Gasteiger partial charge in [0.15, 0.2) is 0 Å². The lowest BCUT2D eigenvalue weighted by atomic mass is 10.1. The molecule has 1 fully saturated rings. The van der Waals surface area contributed by atoms with E-state index in [0.29, 0.717) is 6.04 Å². The van der Waals surface area contributed by atoms with Crippen LogP contribution in [0.25, 0.3) is 0 Å². The Morgan fingerprint density at radius 2 is 2.50 bits per heavy atom. The largest absolute Gasteiger partial charge is 0.391 e. The highest BCUT2D eigenvalue weighted by Crippen LogP contribution is 2.13. The van der Waals surface area contributed by atoms with Gasteiger partial charge in [0, 0.05) is 6.04 Å². The van der Waals surface area contributed by atoms with E-state index >= 15 is 0 Å². The average Bonchev–Trinajstić information content (AvgIpc) is 2.56. The highest BCUT2D eigenvalue weighted by molar-refractivity contribution is 7.99. The molecule has 1 saturated heterocycles. The Bertz CT molecular complexity index is 115. The highest BCUT2D eigenvalue weighted by atomic mass is 32.2. The highest BCUT2D eigenvalue weighted by Gasteiger charge is 2.21. The van der Waals surface area contributed by atoms with Gasteiger partial charge in [-0.25, -0.2) is 0 Å². The zero-order chi connectivity index (χ0) is 8.81. The van der Waals surface area contributed by atoms with Crippen LogP contribution >= 0.6 is 11.8 Å². The molecule has 2 nitrogen and oxygen atoms in total. The Kier molecular flexibility index (Phi) is 5.04. The maximum Gasteiger partial charge on any atom is 0.0701 e. The quantitative estimate of drug-likeness (QED) is 0.638. The first-order chi connectivity index (χ1) is 5.84. The van der Waals surface area contributed by atoms with Crippen LogP contribution in [-0.4, -0.2) is 35.3 Å². The molecule has 0 aromatic rings. The molecule has 0 radical (unpaired) electrons. The van der Waals surface area contributed by atoms with E-state index in [1.807, 2.05) is 11.8 Å². The van der Waals surface area contributed by atoms with E-state index in [1.54, 1.807) is 0 Å². The summed E-state index contributed by atoms with van der Waals surface area (Å²) in [6.07, 6.45) is 3.20. The second kappa shape index (κ2) is 5.84. The second-order valence-electron chi connectivity index (χ2n) is 3.26. The van der Waals surface area contributed by atoms with Crippen molar-refractivity contribution in [2.24, 2.45) is 0 Å². The van der Waals surface area contributed by atoms with Crippen molar-refractivity contribution in [1.82, 2.24) is 5.32 Å². The second-order valence-corrected chi connectivity index (χ2v) is 4.65. The van der Waals surface area contributed by atoms with Gasteiger partial charge in [-0.3, -0.25) is 0 Å². The number of nitrogens with one attached hydrogen (secondary N) is 1. The monoisotopic (exact) mass is 189 g/mol. The Hall–Kier alpha value is 0.270. The molecule has 2 atom stereocenters. The van der Waals surface area contributed by atoms with E-state index in [-0.39, 0.29) is 6.10 Å². The Morgan fingerprint density at radius 1 is 1.67 bits per heavy atom. The smallest absolute Gasteiger partial charge is 0.0701 e. The summed E-state index contributed by atoms with van der Waals surface area (Å²) in [6, 6.07) is 0.377. The summed E-state index contributed by atoms with van der Waals surface area (Å²) >= 11 is 1.91. The van der Waals surface area contributed by atoms with E-state index in [2.05, 4.69) is 12.2 Å². The summed E-state index contributed by atoms with van der Waals surface area (Å²) in [7, 11) is 0. The fraction of sp³-hybridized carbons (Fsp3) is 1.00. The molecule has 2 N–H and O–H groups in total. The minimum atomic E-state index is -0.119. The third-order valence-corrected chi connectivity index (χ3v) is 3.26. The summed E-state index contributed by atoms with van der Waals surface area (Å²) < 4.78 is 0. The van der Waals surface area contributed by atoms with Crippen LogP contribution in [0.2, 0.25) is 0 Å². The molecule has 0 spiro atoms. The fourth-order valence-electron chi connectivity index (χ4n) is 1.59. The van der Waals surface area contributed by atoms with Crippen molar-refractivity contribution in [1.29, 1.82) is 0 Å². The van der Waals surface area contributed by atoms with E-state index in [1.165, 1.54) is 6.42 Å². The van der Waals surface area contributed by atoms with Crippen LogP contribution in [0.15, 0.2) is 0 Å². The van der Waals surface area contributed by atoms with Gasteiger partial charge < -0.3 is 10.4 Å². The average molecular weight is 189 g/mol. The SMILES string of the molecule is CCSCCC(O)C1CCCN1. The van der Waals surface area contributed by atoms with Crippen LogP contribution in [0.5, 0.6) is 0 Å². The molecule has 0 amide bonds. The van der Waals surface area contributed by atoms with Crippen molar-refractivity contribution in [2.75, 3.05) is 18.1 Å². The van der Waals surface area contributed by atoms with Gasteiger partial charge in [-0.15, -0.1) is 0 Å². The molecule has 0 bridgehead atoms. The van der Waals surface area contributed by atoms with Crippen LogP contribution in [0.4, 0.5) is 0 Å². The maximum absolute atomic E-state index is 9.70. The molecule has 72 valence electrons. The van der Waals surface area contributed by atoms with E-state index < -0.39 is 0 Å². The molecule has 1 aliphatic heterocycles. The Morgan fingerprint density at radius 3 is 3.08 bits per heavy atom. The molecular weight excluding hydrogens is 170 g/mol. The first-order valence-electron chi connectivity index (χ1n) is 4.83. The van der Waals surface area contributed by atoms with Crippen molar-refractivity contribution < 1.29 is 5.11 Å². The maximum atomic E-state index is 9.70. The topological polar surface area (TPSA) is 32.3 Å². The predicted molar refractivity (Wildman–Crippen MR) is 54.6 cm³/mol. The van der Waals surface area contributed by atoms with Crippen LogP contribution in [0.1, 0.15) is 26.2 Å². The Balaban J connectivity index is 2.05. The molecular formula is C9H19NOS. The Labute approximate surface area is 79.1 Å². The van der Waals surface area contributed by atoms with Crippen LogP contribution in [0, 0.1) is 0 Å². The molecule has 0 aromatic carbocycles. The van der Waals surface area contributed by atoms with Crippen molar-refractivity contribution in [3.05, 3.63) is 0 Å². The molecule has 0 saturated carbocycles. The summed E-state index contributed by atoms with van der Waals surface area (Å²) in [4.78, 5) is 0. The van der Waals surface area contributed by atoms with Gasteiger partial charge in [0.1, 0.15) is 0 Å². The van der Waals surface area contributed by atoms with Crippen LogP contribution in [0.3, 0.4) is 0 Å². The summed E-state index contributed by atoms with van der Waals surface area (Å²) in [6.45, 7) is 3.24. The third-order valence-electron chi connectivity index (χ3n) is 2.32. The molecule has 3 heteroatoms. The molecule has 1 heterocycles. The first-order valence-corrected chi connectivity index (χ1v) is 5.99. The molecule has 0 aliphatic carbocycles. The molecule has 0 aromatic heterocycles. The van der Waals surface area contributed by atoms with Gasteiger partial charge in [0.25, 0.3) is 0 Å². The summed E-state index contributed by atoms with van der Waals surface area (Å²) in [5.41, 5.74) is 0. The van der Waals surface area contributed by atoms with Gasteiger partial charge in [-0.1, -0.05) is 6.92 Å². The van der Waals surface area contributed by atoms with Gasteiger partial charge in [-0.05, 0) is 37.3 Å². The zero-order valence-electron chi connectivity index (χ0n) is 7.75. The van der Waals surface area contributed by atoms with Gasteiger partial charge in [0.05, 0.1) is 6.10 Å². The van der Waals surface area contributed by atoms with Gasteiger partial charge >= 0.3 is 0 Å². The standard InChI is InChI=1S/C9H19NOS/c1-2-12-7-5-9(11)8-4-3-6-10-8/h8-11H,2-7H2,1H3. The number of rotatable bonds is 5. The minimum absolute atomic E-state index is 0.119. The van der Waals surface area contributed by atoms with Crippen molar-refractivity contribution in [3.63, 3.8) is 0 Å². The predicted octanol–water partition coefficient (Wildman–Crippen LogP) is 1.24. The zero-order valence-corrected chi connectivity index (χ0v) is 8.57. The lowest BCUT2D eigenvalue weighted by Gasteiger charge is -2.17. The molecule has 12 heavy (non-hydrogen) atoms. The summed E-state index contributed by atoms with van der Waals surface area (Å²) in [5.74, 6) is 2.25. The number of thioether (sulfide) groups is 1. The normalized spacial score (nSPS) is 26.0. The lowest BCUT2D eigenvalue weighted by Crippen LogP contribution is -2.34. The third kappa shape index (κ3) is 3.33. The molecule has 2 unspecified atom stereocenters. The van der Waals surface area contributed by atoms with Gasteiger partial charge in [-0.2, -0.15) is 11.8 Å². The van der Waals surface area contributed by atoms with Crippen molar-refractivity contribution in [2.45, 2.75) is 38.3 Å². The van der Waals surface area contributed by atoms with Crippen LogP contribution in [-0.2, 0) is 0 Å². The van der Waals surface area contributed by atoms with E-state index in [4.69, 9.17) is 0 Å². The fourth-order valence-corrected chi connectivity index (χ4v) is 2.29.